The fraction of sp³-hybridized carbons (Fsp3) is 0.188. The van der Waals surface area contributed by atoms with Gasteiger partial charge in [0, 0.05) is 5.69 Å². The zero-order chi connectivity index (χ0) is 17.3. The molecule has 8 heteroatoms. The summed E-state index contributed by atoms with van der Waals surface area (Å²) >= 11 is 0.995. The molecule has 2 heterocycles. The molecule has 3 rings (SSSR count). The largest absolute Gasteiger partial charge is 0.440 e. The summed E-state index contributed by atoms with van der Waals surface area (Å²) < 4.78 is 44.8. The minimum atomic E-state index is -4.61. The Balaban J connectivity index is 1.92. The molecule has 0 aliphatic heterocycles. The highest BCUT2D eigenvalue weighted by molar-refractivity contribution is 7.98. The van der Waals surface area contributed by atoms with Gasteiger partial charge in [0.2, 0.25) is 5.89 Å². The second-order valence-corrected chi connectivity index (χ2v) is 5.93. The van der Waals surface area contributed by atoms with Crippen LogP contribution in [0.1, 0.15) is 22.7 Å². The van der Waals surface area contributed by atoms with Crippen LogP contribution in [0, 0.1) is 18.3 Å². The summed E-state index contributed by atoms with van der Waals surface area (Å²) in [7, 11) is 0. The normalized spacial score (nSPS) is 11.6. The van der Waals surface area contributed by atoms with E-state index in [4.69, 9.17) is 9.68 Å². The van der Waals surface area contributed by atoms with Crippen LogP contribution in [-0.4, -0.2) is 9.97 Å². The van der Waals surface area contributed by atoms with Crippen LogP contribution < -0.4 is 0 Å². The number of para-hydroxylation sites is 2. The van der Waals surface area contributed by atoms with Gasteiger partial charge in [-0.15, -0.1) is 0 Å². The van der Waals surface area contributed by atoms with Gasteiger partial charge in [-0.3, -0.25) is 0 Å². The smallest absolute Gasteiger partial charge is 0.417 e. The zero-order valence-electron chi connectivity index (χ0n) is 12.4. The van der Waals surface area contributed by atoms with E-state index in [9.17, 15) is 13.2 Å². The van der Waals surface area contributed by atoms with E-state index >= 15 is 0 Å². The number of halogens is 3. The minimum absolute atomic E-state index is 0.0204. The van der Waals surface area contributed by atoms with Gasteiger partial charge in [0.1, 0.15) is 16.6 Å². The summed E-state index contributed by atoms with van der Waals surface area (Å²) in [6.07, 6.45) is -4.61. The molecule has 0 bridgehead atoms. The Morgan fingerprint density at radius 1 is 1.25 bits per heavy atom. The third-order valence-electron chi connectivity index (χ3n) is 3.20. The molecular formula is C16H10F3N3OS. The second kappa shape index (κ2) is 6.17. The van der Waals surface area contributed by atoms with Gasteiger partial charge >= 0.3 is 6.18 Å². The van der Waals surface area contributed by atoms with Crippen molar-refractivity contribution in [3.8, 4) is 6.07 Å². The van der Waals surface area contributed by atoms with Gasteiger partial charge < -0.3 is 4.42 Å². The number of nitriles is 1. The number of fused-ring (bicyclic) bond motifs is 1. The summed E-state index contributed by atoms with van der Waals surface area (Å²) in [5, 5.41) is 9.14. The van der Waals surface area contributed by atoms with Gasteiger partial charge in [0.15, 0.2) is 5.58 Å². The quantitative estimate of drug-likeness (QED) is 0.641. The maximum atomic E-state index is 13.1. The molecule has 0 amide bonds. The van der Waals surface area contributed by atoms with Crippen LogP contribution in [0.5, 0.6) is 0 Å². The Morgan fingerprint density at radius 3 is 2.67 bits per heavy atom. The van der Waals surface area contributed by atoms with Crippen molar-refractivity contribution < 1.29 is 17.6 Å². The molecule has 0 radical (unpaired) electrons. The fourth-order valence-corrected chi connectivity index (χ4v) is 3.08. The Morgan fingerprint density at radius 2 is 2.00 bits per heavy atom. The molecule has 2 aromatic heterocycles. The van der Waals surface area contributed by atoms with Gasteiger partial charge in [-0.05, 0) is 25.1 Å². The highest BCUT2D eigenvalue weighted by Gasteiger charge is 2.35. The lowest BCUT2D eigenvalue weighted by Crippen LogP contribution is -2.10. The number of alkyl halides is 3. The summed E-state index contributed by atoms with van der Waals surface area (Å²) in [6.45, 7) is 1.46. The van der Waals surface area contributed by atoms with E-state index in [0.717, 1.165) is 17.8 Å². The lowest BCUT2D eigenvalue weighted by molar-refractivity contribution is -0.138. The molecule has 24 heavy (non-hydrogen) atoms. The van der Waals surface area contributed by atoms with Crippen molar-refractivity contribution in [1.29, 1.82) is 5.26 Å². The van der Waals surface area contributed by atoms with E-state index in [0.29, 0.717) is 17.0 Å². The average Bonchev–Trinajstić information content (AvgIpc) is 2.94. The molecule has 0 saturated carbocycles. The lowest BCUT2D eigenvalue weighted by Gasteiger charge is -2.12. The first-order valence-electron chi connectivity index (χ1n) is 6.84. The fourth-order valence-electron chi connectivity index (χ4n) is 2.19. The SMILES string of the molecule is Cc1cc(C(F)(F)F)c(C#N)c(SCc2nc3ccccc3o2)n1. The second-order valence-electron chi connectivity index (χ2n) is 4.96. The van der Waals surface area contributed by atoms with Crippen LogP contribution in [-0.2, 0) is 11.9 Å². The number of thioether (sulfide) groups is 1. The summed E-state index contributed by atoms with van der Waals surface area (Å²) in [6, 6.07) is 9.63. The van der Waals surface area contributed by atoms with Gasteiger partial charge in [-0.1, -0.05) is 23.9 Å². The van der Waals surface area contributed by atoms with E-state index in [1.165, 1.54) is 6.92 Å². The van der Waals surface area contributed by atoms with Crippen LogP contribution in [0.15, 0.2) is 39.8 Å². The first kappa shape index (κ1) is 16.3. The number of pyridine rings is 1. The first-order chi connectivity index (χ1) is 11.4. The van der Waals surface area contributed by atoms with Crippen LogP contribution in [0.25, 0.3) is 11.1 Å². The summed E-state index contributed by atoms with van der Waals surface area (Å²) in [5.74, 6) is 0.541. The standard InChI is InChI=1S/C16H10F3N3OS/c1-9-6-11(16(17,18)19)10(7-20)15(21-9)24-8-14-22-12-4-2-3-5-13(12)23-14/h2-6H,8H2,1H3. The monoisotopic (exact) mass is 349 g/mol. The van der Waals surface area contributed by atoms with Crippen molar-refractivity contribution in [2.24, 2.45) is 0 Å². The number of aryl methyl sites for hydroxylation is 1. The van der Waals surface area contributed by atoms with Crippen LogP contribution in [0.3, 0.4) is 0 Å². The van der Waals surface area contributed by atoms with E-state index in [-0.39, 0.29) is 16.5 Å². The Hall–Kier alpha value is -2.53. The third kappa shape index (κ3) is 3.21. The Labute approximate surface area is 139 Å². The number of oxazole rings is 1. The molecule has 0 unspecified atom stereocenters. The van der Waals surface area contributed by atoms with Crippen molar-refractivity contribution in [2.45, 2.75) is 23.9 Å². The van der Waals surface area contributed by atoms with E-state index < -0.39 is 17.3 Å². The van der Waals surface area contributed by atoms with E-state index in [2.05, 4.69) is 9.97 Å². The number of rotatable bonds is 3. The molecular weight excluding hydrogens is 339 g/mol. The van der Waals surface area contributed by atoms with E-state index in [1.54, 1.807) is 24.3 Å². The van der Waals surface area contributed by atoms with Gasteiger partial charge in [0.25, 0.3) is 0 Å². The summed E-state index contributed by atoms with van der Waals surface area (Å²) in [4.78, 5) is 8.31. The highest BCUT2D eigenvalue weighted by Crippen LogP contribution is 2.36. The Bertz CT molecular complexity index is 911. The molecule has 3 aromatic rings. The zero-order valence-corrected chi connectivity index (χ0v) is 13.2. The van der Waals surface area contributed by atoms with Crippen molar-refractivity contribution in [1.82, 2.24) is 9.97 Å². The molecule has 122 valence electrons. The number of nitrogens with zero attached hydrogens (tertiary/aromatic N) is 3. The predicted molar refractivity (Wildman–Crippen MR) is 82.3 cm³/mol. The van der Waals surface area contributed by atoms with Crippen molar-refractivity contribution in [3.63, 3.8) is 0 Å². The van der Waals surface area contributed by atoms with Crippen molar-refractivity contribution in [3.05, 3.63) is 53.0 Å². The number of benzene rings is 1. The van der Waals surface area contributed by atoms with Gasteiger partial charge in [-0.2, -0.15) is 18.4 Å². The number of hydrogen-bond acceptors (Lipinski definition) is 5. The minimum Gasteiger partial charge on any atom is -0.440 e. The van der Waals surface area contributed by atoms with Crippen LogP contribution >= 0.6 is 11.8 Å². The molecule has 0 N–H and O–H groups in total. The number of hydrogen-bond donors (Lipinski definition) is 0. The van der Waals surface area contributed by atoms with Crippen LogP contribution in [0.2, 0.25) is 0 Å². The summed E-state index contributed by atoms with van der Waals surface area (Å²) in [5.41, 5.74) is 0.0109. The van der Waals surface area contributed by atoms with Crippen LogP contribution in [0.4, 0.5) is 13.2 Å². The van der Waals surface area contributed by atoms with Crippen molar-refractivity contribution >= 4 is 22.9 Å². The molecule has 0 spiro atoms. The van der Waals surface area contributed by atoms with Gasteiger partial charge in [-0.25, -0.2) is 9.97 Å². The molecule has 0 saturated heterocycles. The van der Waals surface area contributed by atoms with Crippen molar-refractivity contribution in [2.75, 3.05) is 0 Å². The van der Waals surface area contributed by atoms with E-state index in [1.807, 2.05) is 6.07 Å². The highest BCUT2D eigenvalue weighted by atomic mass is 32.2. The number of aromatic nitrogens is 2. The maximum absolute atomic E-state index is 13.1. The molecule has 0 aliphatic carbocycles. The average molecular weight is 349 g/mol. The molecule has 0 fully saturated rings. The maximum Gasteiger partial charge on any atom is 0.417 e. The molecule has 0 atom stereocenters. The Kier molecular flexibility index (Phi) is 4.20. The molecule has 0 aliphatic rings. The molecule has 1 aromatic carbocycles. The predicted octanol–water partition coefficient (Wildman–Crippen LogP) is 4.71. The van der Waals surface area contributed by atoms with Gasteiger partial charge in [0.05, 0.1) is 16.9 Å². The third-order valence-corrected chi connectivity index (χ3v) is 4.16. The first-order valence-corrected chi connectivity index (χ1v) is 7.83. The topological polar surface area (TPSA) is 62.7 Å². The lowest BCUT2D eigenvalue weighted by atomic mass is 10.1. The molecule has 4 nitrogen and oxygen atoms in total.